The zero-order valence-corrected chi connectivity index (χ0v) is 19.3. The van der Waals surface area contributed by atoms with Gasteiger partial charge in [0.25, 0.3) is 0 Å². The van der Waals surface area contributed by atoms with Crippen LogP contribution in [-0.2, 0) is 35.8 Å². The van der Waals surface area contributed by atoms with Crippen LogP contribution in [0.15, 0.2) is 53.5 Å². The summed E-state index contributed by atoms with van der Waals surface area (Å²) in [6, 6.07) is 15.2. The van der Waals surface area contributed by atoms with Gasteiger partial charge in [0.15, 0.2) is 5.96 Å². The molecule has 166 valence electrons. The molecule has 0 fully saturated rings. The number of alkyl halides is 3. The number of guanidine groups is 1. The molecule has 9 heteroatoms. The Morgan fingerprint density at radius 1 is 0.900 bits per heavy atom. The number of benzene rings is 2. The SMILES string of the molecule is CN=C(NCc1ccc(COCC(F)(F)F)cc1)NCc1ccccc1COC.I. The number of aliphatic imine (C=N–C) groups is 1. The Morgan fingerprint density at radius 3 is 2.10 bits per heavy atom. The van der Waals surface area contributed by atoms with Crippen molar-refractivity contribution in [3.63, 3.8) is 0 Å². The van der Waals surface area contributed by atoms with Crippen molar-refractivity contribution < 1.29 is 22.6 Å². The highest BCUT2D eigenvalue weighted by Crippen LogP contribution is 2.16. The summed E-state index contributed by atoms with van der Waals surface area (Å²) in [4.78, 5) is 4.21. The quantitative estimate of drug-likeness (QED) is 0.283. The Balaban J connectivity index is 0.00000450. The summed E-state index contributed by atoms with van der Waals surface area (Å²) in [5, 5.41) is 6.48. The number of methoxy groups -OCH3 is 1. The highest BCUT2D eigenvalue weighted by molar-refractivity contribution is 14.0. The first-order valence-electron chi connectivity index (χ1n) is 9.14. The molecular weight excluding hydrogens is 510 g/mol. The molecule has 2 aromatic carbocycles. The fraction of sp³-hybridized carbons (Fsp3) is 0.381. The molecule has 30 heavy (non-hydrogen) atoms. The van der Waals surface area contributed by atoms with Crippen LogP contribution in [0, 0.1) is 0 Å². The fourth-order valence-electron chi connectivity index (χ4n) is 2.65. The first-order chi connectivity index (χ1) is 13.9. The third kappa shape index (κ3) is 9.77. The van der Waals surface area contributed by atoms with E-state index in [0.717, 1.165) is 16.7 Å². The monoisotopic (exact) mass is 537 g/mol. The van der Waals surface area contributed by atoms with Crippen molar-refractivity contribution in [2.45, 2.75) is 32.5 Å². The zero-order chi connectivity index (χ0) is 21.1. The lowest BCUT2D eigenvalue weighted by atomic mass is 10.1. The molecule has 0 aromatic heterocycles. The lowest BCUT2D eigenvalue weighted by molar-refractivity contribution is -0.176. The minimum absolute atomic E-state index is 0. The summed E-state index contributed by atoms with van der Waals surface area (Å²) in [5.41, 5.74) is 3.91. The molecule has 0 spiro atoms. The maximum atomic E-state index is 12.1. The third-order valence-corrected chi connectivity index (χ3v) is 4.11. The lowest BCUT2D eigenvalue weighted by Crippen LogP contribution is -2.36. The van der Waals surface area contributed by atoms with Crippen LogP contribution in [0.5, 0.6) is 0 Å². The zero-order valence-electron chi connectivity index (χ0n) is 17.0. The van der Waals surface area contributed by atoms with E-state index in [9.17, 15) is 13.2 Å². The van der Waals surface area contributed by atoms with Gasteiger partial charge in [-0.05, 0) is 22.3 Å². The van der Waals surface area contributed by atoms with Crippen LogP contribution < -0.4 is 10.6 Å². The smallest absolute Gasteiger partial charge is 0.380 e. The Hall–Kier alpha value is -1.85. The largest absolute Gasteiger partial charge is 0.411 e. The van der Waals surface area contributed by atoms with Crippen molar-refractivity contribution in [2.24, 2.45) is 4.99 Å². The van der Waals surface area contributed by atoms with Gasteiger partial charge in [0, 0.05) is 27.2 Å². The van der Waals surface area contributed by atoms with Crippen molar-refractivity contribution in [1.29, 1.82) is 0 Å². The summed E-state index contributed by atoms with van der Waals surface area (Å²) >= 11 is 0. The van der Waals surface area contributed by atoms with E-state index in [1.807, 2.05) is 36.4 Å². The molecule has 0 saturated carbocycles. The number of nitrogens with one attached hydrogen (secondary N) is 2. The van der Waals surface area contributed by atoms with Gasteiger partial charge in [-0.1, -0.05) is 48.5 Å². The average Bonchev–Trinajstić information content (AvgIpc) is 2.69. The van der Waals surface area contributed by atoms with E-state index < -0.39 is 12.8 Å². The molecule has 0 radical (unpaired) electrons. The molecule has 0 atom stereocenters. The number of ether oxygens (including phenoxy) is 2. The highest BCUT2D eigenvalue weighted by Gasteiger charge is 2.27. The van der Waals surface area contributed by atoms with Crippen molar-refractivity contribution in [3.8, 4) is 0 Å². The normalized spacial score (nSPS) is 11.7. The van der Waals surface area contributed by atoms with E-state index >= 15 is 0 Å². The molecule has 0 amide bonds. The van der Waals surface area contributed by atoms with E-state index in [2.05, 4.69) is 20.4 Å². The first kappa shape index (κ1) is 26.2. The van der Waals surface area contributed by atoms with Crippen molar-refractivity contribution in [2.75, 3.05) is 20.8 Å². The molecule has 0 aliphatic carbocycles. The molecule has 0 unspecified atom stereocenters. The molecule has 0 aliphatic rings. The van der Waals surface area contributed by atoms with Crippen LogP contribution >= 0.6 is 24.0 Å². The van der Waals surface area contributed by atoms with Gasteiger partial charge in [-0.2, -0.15) is 13.2 Å². The number of halogens is 4. The second kappa shape index (κ2) is 13.5. The van der Waals surface area contributed by atoms with E-state index in [1.165, 1.54) is 0 Å². The van der Waals surface area contributed by atoms with Crippen molar-refractivity contribution in [3.05, 3.63) is 70.8 Å². The molecule has 2 N–H and O–H groups in total. The summed E-state index contributed by atoms with van der Waals surface area (Å²) in [7, 11) is 3.36. The Kier molecular flexibility index (Phi) is 11.7. The Labute approximate surface area is 192 Å². The maximum absolute atomic E-state index is 12.1. The van der Waals surface area contributed by atoms with E-state index in [0.29, 0.717) is 31.2 Å². The van der Waals surface area contributed by atoms with Crippen LogP contribution in [0.1, 0.15) is 22.3 Å². The number of hydrogen-bond acceptors (Lipinski definition) is 3. The van der Waals surface area contributed by atoms with Crippen molar-refractivity contribution >= 4 is 29.9 Å². The minimum Gasteiger partial charge on any atom is -0.380 e. The van der Waals surface area contributed by atoms with Gasteiger partial charge >= 0.3 is 6.18 Å². The predicted molar refractivity (Wildman–Crippen MR) is 122 cm³/mol. The summed E-state index contributed by atoms with van der Waals surface area (Å²) in [6.45, 7) is 0.365. The summed E-state index contributed by atoms with van der Waals surface area (Å²) in [6.07, 6.45) is -4.31. The van der Waals surface area contributed by atoms with Crippen LogP contribution in [0.25, 0.3) is 0 Å². The molecule has 2 rings (SSSR count). The van der Waals surface area contributed by atoms with Crippen molar-refractivity contribution in [1.82, 2.24) is 10.6 Å². The Bertz CT molecular complexity index is 784. The standard InChI is InChI=1S/C21H26F3N3O2.HI/c1-25-20(27-12-18-5-3-4-6-19(18)14-28-2)26-11-16-7-9-17(10-8-16)13-29-15-21(22,23)24;/h3-10H,11-15H2,1-2H3,(H2,25,26,27);1H. The highest BCUT2D eigenvalue weighted by atomic mass is 127. The van der Waals surface area contributed by atoms with Gasteiger partial charge < -0.3 is 20.1 Å². The topological polar surface area (TPSA) is 54.9 Å². The van der Waals surface area contributed by atoms with Gasteiger partial charge in [-0.15, -0.1) is 24.0 Å². The fourth-order valence-corrected chi connectivity index (χ4v) is 2.65. The molecule has 2 aromatic rings. The molecule has 0 aliphatic heterocycles. The molecular formula is C21H27F3IN3O2. The van der Waals surface area contributed by atoms with E-state index in [-0.39, 0.29) is 30.6 Å². The molecule has 0 heterocycles. The molecule has 0 bridgehead atoms. The average molecular weight is 537 g/mol. The van der Waals surface area contributed by atoms with Gasteiger partial charge in [0.1, 0.15) is 6.61 Å². The Morgan fingerprint density at radius 2 is 1.50 bits per heavy atom. The van der Waals surface area contributed by atoms with E-state index in [4.69, 9.17) is 4.74 Å². The van der Waals surface area contributed by atoms with Crippen LogP contribution in [0.4, 0.5) is 13.2 Å². The first-order valence-corrected chi connectivity index (χ1v) is 9.14. The van der Waals surface area contributed by atoms with Crippen LogP contribution in [0.3, 0.4) is 0 Å². The summed E-state index contributed by atoms with van der Waals surface area (Å²) < 4.78 is 46.2. The van der Waals surface area contributed by atoms with Gasteiger partial charge in [0.05, 0.1) is 13.2 Å². The second-order valence-corrected chi connectivity index (χ2v) is 6.41. The summed E-state index contributed by atoms with van der Waals surface area (Å²) in [5.74, 6) is 0.648. The van der Waals surface area contributed by atoms with Gasteiger partial charge in [0.2, 0.25) is 0 Å². The van der Waals surface area contributed by atoms with Gasteiger partial charge in [-0.25, -0.2) is 0 Å². The number of nitrogens with zero attached hydrogens (tertiary/aromatic N) is 1. The predicted octanol–water partition coefficient (Wildman–Crippen LogP) is 4.40. The third-order valence-electron chi connectivity index (χ3n) is 4.11. The second-order valence-electron chi connectivity index (χ2n) is 6.41. The van der Waals surface area contributed by atoms with E-state index in [1.54, 1.807) is 26.3 Å². The van der Waals surface area contributed by atoms with Gasteiger partial charge in [-0.3, -0.25) is 4.99 Å². The lowest BCUT2D eigenvalue weighted by Gasteiger charge is -2.14. The number of hydrogen-bond donors (Lipinski definition) is 2. The van der Waals surface area contributed by atoms with Crippen LogP contribution in [0.2, 0.25) is 0 Å². The minimum atomic E-state index is -4.31. The molecule has 5 nitrogen and oxygen atoms in total. The molecule has 0 saturated heterocycles. The van der Waals surface area contributed by atoms with Crippen LogP contribution in [-0.4, -0.2) is 32.9 Å². The maximum Gasteiger partial charge on any atom is 0.411 e. The number of rotatable bonds is 9.